The predicted octanol–water partition coefficient (Wildman–Crippen LogP) is 5.99. The summed E-state index contributed by atoms with van der Waals surface area (Å²) in [4.78, 5) is 4.74. The molecule has 1 N–H and O–H groups in total. The topological polar surface area (TPSA) is 143 Å². The molecule has 1 aromatic rings. The van der Waals surface area contributed by atoms with Crippen LogP contribution in [0, 0.1) is 5.92 Å². The van der Waals surface area contributed by atoms with E-state index in [9.17, 15) is 51.6 Å². The van der Waals surface area contributed by atoms with Crippen LogP contribution >= 0.6 is 0 Å². The maximum Gasteiger partial charge on any atom is 0.480 e. The lowest BCUT2D eigenvalue weighted by Gasteiger charge is -2.30. The Labute approximate surface area is 243 Å². The summed E-state index contributed by atoms with van der Waals surface area (Å²) in [7, 11) is -17.5. The highest BCUT2D eigenvalue weighted by Crippen LogP contribution is 2.36. The van der Waals surface area contributed by atoms with Crippen molar-refractivity contribution in [2.75, 3.05) is 13.1 Å². The van der Waals surface area contributed by atoms with Gasteiger partial charge in [0.05, 0.1) is 11.1 Å². The Hall–Kier alpha value is -2.09. The van der Waals surface area contributed by atoms with Gasteiger partial charge in [-0.2, -0.15) is 34.8 Å². The van der Waals surface area contributed by atoms with Crippen LogP contribution in [-0.2, 0) is 30.2 Å². The molecule has 0 aliphatic carbocycles. The van der Waals surface area contributed by atoms with Gasteiger partial charge in [-0.05, 0) is 49.8 Å². The minimum absolute atomic E-state index is 0.0513. The fraction of sp³-hybridized carbons (Fsp3) is 0.652. The van der Waals surface area contributed by atoms with Crippen LogP contribution in [-0.4, -0.2) is 69.9 Å². The number of halogens is 6. The van der Waals surface area contributed by atoms with Gasteiger partial charge in [-0.25, -0.2) is 16.8 Å². The zero-order chi connectivity index (χ0) is 33.3. The summed E-state index contributed by atoms with van der Waals surface area (Å²) in [5.41, 5.74) is -11.3. The van der Waals surface area contributed by atoms with Crippen molar-refractivity contribution in [3.63, 3.8) is 0 Å². The highest BCUT2D eigenvalue weighted by molar-refractivity contribution is 8.13. The molecule has 246 valence electrons. The summed E-state index contributed by atoms with van der Waals surface area (Å²) in [6, 6.07) is 6.32. The average Bonchev–Trinajstić information content (AvgIpc) is 3.20. The molecule has 1 aromatic carbocycles. The van der Waals surface area contributed by atoms with E-state index in [2.05, 4.69) is 63.7 Å². The third-order valence-electron chi connectivity index (χ3n) is 6.13. The Bertz CT molecular complexity index is 1290. The SMILES string of the molecule is CCC(C)CN1C=CN(CC)C1C.CCC(C)c1ccc(S(=O)(=O)O)cc1.O=S(=O)([N-]S(=O)(=O)C(F)(F)F)C(F)(F)F. The van der Waals surface area contributed by atoms with Crippen LogP contribution in [0.5, 0.6) is 0 Å². The smallest absolute Gasteiger partial charge is 0.421 e. The highest BCUT2D eigenvalue weighted by Gasteiger charge is 2.46. The van der Waals surface area contributed by atoms with E-state index in [-0.39, 0.29) is 4.90 Å². The number of rotatable bonds is 9. The Morgan fingerprint density at radius 3 is 1.55 bits per heavy atom. The minimum Gasteiger partial charge on any atom is -0.421 e. The molecule has 0 saturated carbocycles. The molecule has 1 aliphatic heterocycles. The standard InChI is InChI=1S/C11H22N2.C10H14O3S.C2F6NO4S2/c1-5-10(3)9-13-8-7-12(6-2)11(13)4;1-3-8(2)9-4-6-10(7-5-9)14(11,12)13;3-1(4,5)14(10,11)9-15(12,13)2(6,7)8/h7-8,10-11H,5-6,9H2,1-4H3;4-8H,3H2,1-2H3,(H,11,12,13);/q;;-1. The van der Waals surface area contributed by atoms with Crippen LogP contribution in [0.15, 0.2) is 41.6 Å². The van der Waals surface area contributed by atoms with Gasteiger partial charge in [0.2, 0.25) is 0 Å². The first-order valence-electron chi connectivity index (χ1n) is 12.5. The van der Waals surface area contributed by atoms with Crippen molar-refractivity contribution < 1.29 is 56.1 Å². The number of hydrogen-bond acceptors (Lipinski definition) is 8. The van der Waals surface area contributed by atoms with Crippen molar-refractivity contribution in [1.29, 1.82) is 0 Å². The van der Waals surface area contributed by atoms with Gasteiger partial charge < -0.3 is 13.9 Å². The van der Waals surface area contributed by atoms with Crippen LogP contribution in [0.25, 0.3) is 4.13 Å². The molecule has 10 nitrogen and oxygen atoms in total. The van der Waals surface area contributed by atoms with Gasteiger partial charge in [0.15, 0.2) is 20.0 Å². The van der Waals surface area contributed by atoms with E-state index in [1.807, 2.05) is 0 Å². The molecule has 0 radical (unpaired) electrons. The van der Waals surface area contributed by atoms with Gasteiger partial charge >= 0.3 is 11.0 Å². The van der Waals surface area contributed by atoms with Gasteiger partial charge in [-0.3, -0.25) is 4.55 Å². The Balaban J connectivity index is 0.000000601. The molecule has 0 amide bonds. The first kappa shape index (κ1) is 39.9. The molecule has 3 unspecified atom stereocenters. The second kappa shape index (κ2) is 15.6. The van der Waals surface area contributed by atoms with Crippen LogP contribution < -0.4 is 0 Å². The molecule has 42 heavy (non-hydrogen) atoms. The highest BCUT2D eigenvalue weighted by atomic mass is 32.3. The normalized spacial score (nSPS) is 17.6. The minimum atomic E-state index is -6.72. The summed E-state index contributed by atoms with van der Waals surface area (Å²) >= 11 is 0. The summed E-state index contributed by atoms with van der Waals surface area (Å²) in [6.07, 6.45) is 7.25. The third-order valence-corrected chi connectivity index (χ3v) is 9.74. The number of sulfonamides is 2. The second-order valence-corrected chi connectivity index (χ2v) is 14.1. The summed E-state index contributed by atoms with van der Waals surface area (Å²) < 4.78 is 139. The molecule has 19 heteroatoms. The average molecular weight is 677 g/mol. The van der Waals surface area contributed by atoms with Crippen LogP contribution in [0.1, 0.15) is 65.9 Å². The quantitative estimate of drug-likeness (QED) is 0.246. The molecule has 1 aliphatic rings. The molecule has 2 rings (SSSR count). The Morgan fingerprint density at radius 2 is 1.24 bits per heavy atom. The van der Waals surface area contributed by atoms with Gasteiger partial charge in [-0.1, -0.05) is 46.2 Å². The largest absolute Gasteiger partial charge is 0.480 e. The summed E-state index contributed by atoms with van der Waals surface area (Å²) in [5.74, 6) is 1.20. The van der Waals surface area contributed by atoms with Crippen molar-refractivity contribution in [2.45, 2.75) is 82.4 Å². The predicted molar refractivity (Wildman–Crippen MR) is 145 cm³/mol. The monoisotopic (exact) mass is 676 g/mol. The lowest BCUT2D eigenvalue weighted by Crippen LogP contribution is -2.37. The molecule has 0 spiro atoms. The van der Waals surface area contributed by atoms with E-state index >= 15 is 0 Å². The zero-order valence-corrected chi connectivity index (χ0v) is 26.2. The molecular formula is C23H36F6N3O7S3-. The van der Waals surface area contributed by atoms with E-state index < -0.39 is 41.2 Å². The fourth-order valence-electron chi connectivity index (χ4n) is 3.10. The number of nitrogens with zero attached hydrogens (tertiary/aromatic N) is 3. The van der Waals surface area contributed by atoms with Crippen LogP contribution in [0.2, 0.25) is 0 Å². The summed E-state index contributed by atoms with van der Waals surface area (Å²) in [6.45, 7) is 15.5. The third kappa shape index (κ3) is 12.3. The molecule has 1 heterocycles. The Kier molecular flexibility index (Phi) is 14.8. The van der Waals surface area contributed by atoms with Crippen LogP contribution in [0.4, 0.5) is 26.3 Å². The van der Waals surface area contributed by atoms with Gasteiger partial charge in [0.1, 0.15) is 0 Å². The molecular weight excluding hydrogens is 640 g/mol. The van der Waals surface area contributed by atoms with E-state index in [0.29, 0.717) is 12.1 Å². The lowest BCUT2D eigenvalue weighted by atomic mass is 9.99. The van der Waals surface area contributed by atoms with Gasteiger partial charge in [0.25, 0.3) is 10.1 Å². The summed E-state index contributed by atoms with van der Waals surface area (Å²) in [5, 5.41) is 0. The molecule has 3 atom stereocenters. The van der Waals surface area contributed by atoms with Crippen molar-refractivity contribution in [2.24, 2.45) is 5.92 Å². The van der Waals surface area contributed by atoms with Crippen LogP contribution in [0.3, 0.4) is 0 Å². The number of alkyl halides is 6. The van der Waals surface area contributed by atoms with E-state index in [1.165, 1.54) is 25.1 Å². The van der Waals surface area contributed by atoms with E-state index in [4.69, 9.17) is 4.55 Å². The molecule has 0 aromatic heterocycles. The molecule has 0 saturated heterocycles. The second-order valence-electron chi connectivity index (χ2n) is 9.24. The van der Waals surface area contributed by atoms with Gasteiger partial charge in [-0.15, -0.1) is 0 Å². The molecule has 0 bridgehead atoms. The van der Waals surface area contributed by atoms with Crippen molar-refractivity contribution in [3.8, 4) is 0 Å². The van der Waals surface area contributed by atoms with Crippen molar-refractivity contribution >= 4 is 30.2 Å². The van der Waals surface area contributed by atoms with Crippen molar-refractivity contribution in [3.05, 3.63) is 46.4 Å². The molecule has 0 fully saturated rings. The zero-order valence-electron chi connectivity index (χ0n) is 23.8. The number of hydrogen-bond donors (Lipinski definition) is 1. The fourth-order valence-corrected chi connectivity index (χ4v) is 5.29. The first-order valence-corrected chi connectivity index (χ1v) is 16.8. The van der Waals surface area contributed by atoms with Gasteiger partial charge in [0, 0.05) is 25.5 Å². The van der Waals surface area contributed by atoms with E-state index in [0.717, 1.165) is 28.6 Å². The number of benzene rings is 1. The maximum absolute atomic E-state index is 11.4. The Morgan fingerprint density at radius 1 is 0.810 bits per heavy atom. The maximum atomic E-state index is 11.4. The first-order chi connectivity index (χ1) is 18.8. The van der Waals surface area contributed by atoms with Crippen molar-refractivity contribution in [1.82, 2.24) is 9.80 Å². The van der Waals surface area contributed by atoms with E-state index in [1.54, 1.807) is 12.1 Å². The lowest BCUT2D eigenvalue weighted by molar-refractivity contribution is -0.0444.